The summed E-state index contributed by atoms with van der Waals surface area (Å²) in [6.07, 6.45) is 2.67. The first-order valence-electron chi connectivity index (χ1n) is 8.94. The van der Waals surface area contributed by atoms with Gasteiger partial charge in [0.25, 0.3) is 0 Å². The highest BCUT2D eigenvalue weighted by molar-refractivity contribution is 7.80. The first-order chi connectivity index (χ1) is 13.4. The molecule has 6 nitrogen and oxygen atoms in total. The minimum absolute atomic E-state index is 0.493. The maximum absolute atomic E-state index is 6.28. The van der Waals surface area contributed by atoms with E-state index in [9.17, 15) is 0 Å². The average molecular weight is 437 g/mol. The second kappa shape index (κ2) is 9.41. The van der Waals surface area contributed by atoms with E-state index in [0.29, 0.717) is 27.5 Å². The lowest BCUT2D eigenvalue weighted by Gasteiger charge is -2.09. The Morgan fingerprint density at radius 3 is 2.57 bits per heavy atom. The highest BCUT2D eigenvalue weighted by atomic mass is 35.5. The molecule has 2 N–H and O–H groups in total. The van der Waals surface area contributed by atoms with E-state index in [1.807, 2.05) is 35.9 Å². The quantitative estimate of drug-likeness (QED) is 0.423. The van der Waals surface area contributed by atoms with Crippen molar-refractivity contribution in [1.29, 1.82) is 0 Å². The van der Waals surface area contributed by atoms with Crippen LogP contribution in [0.2, 0.25) is 10.0 Å². The van der Waals surface area contributed by atoms with Gasteiger partial charge in [-0.1, -0.05) is 35.3 Å². The van der Waals surface area contributed by atoms with E-state index in [2.05, 4.69) is 33.8 Å². The molecule has 0 spiro atoms. The Morgan fingerprint density at radius 2 is 1.89 bits per heavy atom. The lowest BCUT2D eigenvalue weighted by atomic mass is 10.2. The standard InChI is InChI=1S/C19H22Cl2N6S/c1-13-10-14(2)27(24-13)9-3-8-22-19(28)23-18-17(21)12-26(25-18)11-15-4-6-16(20)7-5-15/h4-7,10,12H,3,8-9,11H2,1-2H3,(H2,22,23,25,28). The predicted molar refractivity (Wildman–Crippen MR) is 118 cm³/mol. The second-order valence-electron chi connectivity index (χ2n) is 6.53. The maximum atomic E-state index is 6.28. The summed E-state index contributed by atoms with van der Waals surface area (Å²) < 4.78 is 3.77. The van der Waals surface area contributed by atoms with Gasteiger partial charge in [-0.15, -0.1) is 0 Å². The zero-order valence-corrected chi connectivity index (χ0v) is 18.1. The van der Waals surface area contributed by atoms with E-state index >= 15 is 0 Å². The number of nitrogens with zero attached hydrogens (tertiary/aromatic N) is 4. The molecule has 0 amide bonds. The number of rotatable bonds is 7. The van der Waals surface area contributed by atoms with Gasteiger partial charge in [0, 0.05) is 30.0 Å². The van der Waals surface area contributed by atoms with Crippen molar-refractivity contribution in [2.75, 3.05) is 11.9 Å². The van der Waals surface area contributed by atoms with Gasteiger partial charge < -0.3 is 10.6 Å². The van der Waals surface area contributed by atoms with Gasteiger partial charge >= 0.3 is 0 Å². The molecule has 28 heavy (non-hydrogen) atoms. The van der Waals surface area contributed by atoms with Crippen molar-refractivity contribution in [3.8, 4) is 0 Å². The summed E-state index contributed by atoms with van der Waals surface area (Å²) in [7, 11) is 0. The number of hydrogen-bond donors (Lipinski definition) is 2. The summed E-state index contributed by atoms with van der Waals surface area (Å²) >= 11 is 17.5. The molecule has 3 rings (SSSR count). The van der Waals surface area contributed by atoms with Crippen LogP contribution in [0.4, 0.5) is 5.82 Å². The van der Waals surface area contributed by atoms with Gasteiger partial charge in [-0.05, 0) is 56.2 Å². The molecule has 3 aromatic rings. The van der Waals surface area contributed by atoms with Crippen molar-refractivity contribution in [2.45, 2.75) is 33.4 Å². The number of aryl methyl sites for hydroxylation is 3. The number of halogens is 2. The van der Waals surface area contributed by atoms with Crippen molar-refractivity contribution in [3.63, 3.8) is 0 Å². The minimum Gasteiger partial charge on any atom is -0.362 e. The zero-order valence-electron chi connectivity index (χ0n) is 15.7. The number of aromatic nitrogens is 4. The van der Waals surface area contributed by atoms with Crippen LogP contribution >= 0.6 is 35.4 Å². The smallest absolute Gasteiger partial charge is 0.173 e. The Kier molecular flexibility index (Phi) is 6.93. The van der Waals surface area contributed by atoms with Crippen LogP contribution in [-0.4, -0.2) is 31.2 Å². The number of benzene rings is 1. The second-order valence-corrected chi connectivity index (χ2v) is 7.79. The van der Waals surface area contributed by atoms with Crippen molar-refractivity contribution >= 4 is 46.4 Å². The van der Waals surface area contributed by atoms with Crippen LogP contribution < -0.4 is 10.6 Å². The van der Waals surface area contributed by atoms with Gasteiger partial charge in [0.05, 0.1) is 12.2 Å². The van der Waals surface area contributed by atoms with Crippen molar-refractivity contribution in [2.24, 2.45) is 0 Å². The number of thiocarbonyl (C=S) groups is 1. The molecule has 2 aromatic heterocycles. The molecule has 0 fully saturated rings. The van der Waals surface area contributed by atoms with Gasteiger partial charge in [-0.3, -0.25) is 9.36 Å². The van der Waals surface area contributed by atoms with E-state index in [-0.39, 0.29) is 0 Å². The molecule has 9 heteroatoms. The third-order valence-corrected chi connectivity index (χ3v) is 4.92. The maximum Gasteiger partial charge on any atom is 0.173 e. The fourth-order valence-corrected chi connectivity index (χ4v) is 3.35. The van der Waals surface area contributed by atoms with Gasteiger partial charge in [0.1, 0.15) is 5.02 Å². The fourth-order valence-electron chi connectivity index (χ4n) is 2.82. The first kappa shape index (κ1) is 20.6. The van der Waals surface area contributed by atoms with Gasteiger partial charge in [-0.2, -0.15) is 10.2 Å². The monoisotopic (exact) mass is 436 g/mol. The largest absolute Gasteiger partial charge is 0.362 e. The molecule has 0 bridgehead atoms. The van der Waals surface area contributed by atoms with Crippen molar-refractivity contribution in [1.82, 2.24) is 24.9 Å². The summed E-state index contributed by atoms with van der Waals surface area (Å²) in [6, 6.07) is 9.69. The predicted octanol–water partition coefficient (Wildman–Crippen LogP) is 4.43. The number of nitrogens with one attached hydrogen (secondary N) is 2. The van der Waals surface area contributed by atoms with E-state index < -0.39 is 0 Å². The van der Waals surface area contributed by atoms with Crippen LogP contribution in [0.1, 0.15) is 23.4 Å². The topological polar surface area (TPSA) is 59.7 Å². The SMILES string of the molecule is Cc1cc(C)n(CCCNC(=S)Nc2nn(Cc3ccc(Cl)cc3)cc2Cl)n1. The van der Waals surface area contributed by atoms with Crippen LogP contribution in [0, 0.1) is 13.8 Å². The Labute approximate surface area is 179 Å². The Morgan fingerprint density at radius 1 is 1.14 bits per heavy atom. The Balaban J connectivity index is 1.46. The summed E-state index contributed by atoms with van der Waals surface area (Å²) in [4.78, 5) is 0. The third-order valence-electron chi connectivity index (χ3n) is 4.14. The van der Waals surface area contributed by atoms with Crippen LogP contribution in [-0.2, 0) is 13.1 Å². The molecule has 148 valence electrons. The molecule has 0 unspecified atom stereocenters. The van der Waals surface area contributed by atoms with Crippen LogP contribution in [0.5, 0.6) is 0 Å². The van der Waals surface area contributed by atoms with Gasteiger partial charge in [0.15, 0.2) is 10.9 Å². The van der Waals surface area contributed by atoms with Crippen molar-refractivity contribution in [3.05, 3.63) is 63.5 Å². The van der Waals surface area contributed by atoms with Crippen LogP contribution in [0.3, 0.4) is 0 Å². The molecule has 0 aliphatic carbocycles. The Hall–Kier alpha value is -2.09. The first-order valence-corrected chi connectivity index (χ1v) is 10.1. The summed E-state index contributed by atoms with van der Waals surface area (Å²) in [5.41, 5.74) is 3.28. The lowest BCUT2D eigenvalue weighted by Crippen LogP contribution is -2.30. The van der Waals surface area contributed by atoms with Gasteiger partial charge in [0.2, 0.25) is 0 Å². The lowest BCUT2D eigenvalue weighted by molar-refractivity contribution is 0.558. The fraction of sp³-hybridized carbons (Fsp3) is 0.316. The molecule has 0 aliphatic heterocycles. The van der Waals surface area contributed by atoms with E-state index in [4.69, 9.17) is 35.4 Å². The van der Waals surface area contributed by atoms with Gasteiger partial charge in [-0.25, -0.2) is 0 Å². The normalized spacial score (nSPS) is 10.9. The van der Waals surface area contributed by atoms with Crippen molar-refractivity contribution < 1.29 is 0 Å². The van der Waals surface area contributed by atoms with Crippen LogP contribution in [0.25, 0.3) is 0 Å². The molecule has 0 aliphatic rings. The molecule has 0 saturated carbocycles. The summed E-state index contributed by atoms with van der Waals surface area (Å²) in [5, 5.41) is 16.9. The minimum atomic E-state index is 0.493. The highest BCUT2D eigenvalue weighted by Gasteiger charge is 2.09. The molecule has 1 aromatic carbocycles. The summed E-state index contributed by atoms with van der Waals surface area (Å²) in [5.74, 6) is 0.534. The molecular weight excluding hydrogens is 415 g/mol. The van der Waals surface area contributed by atoms with E-state index in [0.717, 1.165) is 36.5 Å². The average Bonchev–Trinajstić information content (AvgIpc) is 3.14. The molecular formula is C19H22Cl2N6S. The zero-order chi connectivity index (χ0) is 20.1. The number of anilines is 1. The molecule has 0 radical (unpaired) electrons. The highest BCUT2D eigenvalue weighted by Crippen LogP contribution is 2.20. The van der Waals surface area contributed by atoms with Crippen LogP contribution in [0.15, 0.2) is 36.5 Å². The van der Waals surface area contributed by atoms with E-state index in [1.165, 1.54) is 0 Å². The van der Waals surface area contributed by atoms with E-state index in [1.54, 1.807) is 10.9 Å². The number of hydrogen-bond acceptors (Lipinski definition) is 3. The summed E-state index contributed by atoms with van der Waals surface area (Å²) in [6.45, 7) is 6.22. The third kappa shape index (κ3) is 5.70. The molecule has 0 saturated heterocycles. The molecule has 2 heterocycles. The Bertz CT molecular complexity index is 948. The molecule has 0 atom stereocenters.